The van der Waals surface area contributed by atoms with Crippen LogP contribution in [0.5, 0.6) is 0 Å². The minimum Gasteiger partial charge on any atom is -0.366 e. The van der Waals surface area contributed by atoms with E-state index in [1.54, 1.807) is 6.07 Å². The lowest BCUT2D eigenvalue weighted by molar-refractivity contribution is -0.133. The molecule has 11 heteroatoms. The summed E-state index contributed by atoms with van der Waals surface area (Å²) < 4.78 is 50.4. The first-order valence-electron chi connectivity index (χ1n) is 9.29. The topological polar surface area (TPSA) is 78.4 Å². The number of fused-ring (bicyclic) bond motifs is 4. The highest BCUT2D eigenvalue weighted by molar-refractivity contribution is 6.05. The maximum absolute atomic E-state index is 13.1. The highest BCUT2D eigenvalue weighted by Crippen LogP contribution is 2.39. The van der Waals surface area contributed by atoms with Crippen molar-refractivity contribution in [2.24, 2.45) is 0 Å². The summed E-state index contributed by atoms with van der Waals surface area (Å²) in [5, 5.41) is 2.57. The molecule has 0 aromatic carbocycles. The van der Waals surface area contributed by atoms with Crippen molar-refractivity contribution >= 4 is 29.1 Å². The van der Waals surface area contributed by atoms with Gasteiger partial charge in [0.25, 0.3) is 0 Å². The summed E-state index contributed by atoms with van der Waals surface area (Å²) in [6, 6.07) is 4.67. The van der Waals surface area contributed by atoms with Crippen molar-refractivity contribution in [2.75, 3.05) is 28.2 Å². The van der Waals surface area contributed by atoms with Crippen LogP contribution in [0.1, 0.15) is 29.8 Å². The lowest BCUT2D eigenvalue weighted by Crippen LogP contribution is -2.48. The fourth-order valence-electron chi connectivity index (χ4n) is 3.63. The van der Waals surface area contributed by atoms with E-state index in [9.17, 15) is 27.2 Å². The number of nitrogens with one attached hydrogen (secondary N) is 1. The standard InChI is InChI=1S/C19H17F4N5O2/c20-11-1-4-16(24-9-11)26-18(30)28-12-6-8-27(10-12)14-3-2-13(25-17(14)28)15(29)5-7-19(21,22)23/h1-4,9,12H,5-8,10H2,(H,24,26,30)/t12-/m0/s1. The van der Waals surface area contributed by atoms with E-state index in [1.165, 1.54) is 17.0 Å². The Labute approximate surface area is 168 Å². The molecule has 7 nitrogen and oxygen atoms in total. The number of pyridine rings is 2. The summed E-state index contributed by atoms with van der Waals surface area (Å²) in [4.78, 5) is 36.6. The number of hydrogen-bond acceptors (Lipinski definition) is 5. The zero-order valence-electron chi connectivity index (χ0n) is 15.6. The first-order valence-corrected chi connectivity index (χ1v) is 9.29. The van der Waals surface area contributed by atoms with E-state index in [1.807, 2.05) is 4.90 Å². The molecule has 2 aliphatic heterocycles. The number of nitrogens with zero attached hydrogens (tertiary/aromatic N) is 4. The molecule has 30 heavy (non-hydrogen) atoms. The maximum Gasteiger partial charge on any atom is 0.389 e. The van der Waals surface area contributed by atoms with Gasteiger partial charge in [0.05, 0.1) is 24.3 Å². The number of urea groups is 1. The van der Waals surface area contributed by atoms with Gasteiger partial charge < -0.3 is 4.90 Å². The van der Waals surface area contributed by atoms with Crippen molar-refractivity contribution in [1.29, 1.82) is 0 Å². The number of carbonyl (C=O) groups is 2. The third-order valence-electron chi connectivity index (χ3n) is 5.05. The predicted molar refractivity (Wildman–Crippen MR) is 100 cm³/mol. The van der Waals surface area contributed by atoms with Gasteiger partial charge in [-0.1, -0.05) is 0 Å². The summed E-state index contributed by atoms with van der Waals surface area (Å²) in [6.07, 6.45) is -4.76. The van der Waals surface area contributed by atoms with Crippen molar-refractivity contribution < 1.29 is 27.2 Å². The SMILES string of the molecule is O=C(CCC(F)(F)F)c1ccc2c(n1)N(C(=O)Nc1ccc(F)cn1)[C@H]1CCN2C1. The van der Waals surface area contributed by atoms with E-state index in [0.717, 1.165) is 12.3 Å². The minimum absolute atomic E-state index is 0.127. The summed E-state index contributed by atoms with van der Waals surface area (Å²) in [6.45, 7) is 1.25. The van der Waals surface area contributed by atoms with Crippen molar-refractivity contribution in [3.05, 3.63) is 42.0 Å². The van der Waals surface area contributed by atoms with Gasteiger partial charge in [-0.05, 0) is 30.7 Å². The number of hydrogen-bond donors (Lipinski definition) is 1. The number of anilines is 3. The molecular weight excluding hydrogens is 406 g/mol. The van der Waals surface area contributed by atoms with Crippen LogP contribution in [0.4, 0.5) is 39.7 Å². The summed E-state index contributed by atoms with van der Waals surface area (Å²) in [5.74, 6) is -0.947. The fourth-order valence-corrected chi connectivity index (χ4v) is 3.63. The van der Waals surface area contributed by atoms with E-state index in [4.69, 9.17) is 0 Å². The fraction of sp³-hybridized carbons (Fsp3) is 0.368. The van der Waals surface area contributed by atoms with Crippen LogP contribution < -0.4 is 15.1 Å². The molecule has 2 aliphatic rings. The molecule has 0 spiro atoms. The van der Waals surface area contributed by atoms with Crippen LogP contribution >= 0.6 is 0 Å². The van der Waals surface area contributed by atoms with E-state index in [2.05, 4.69) is 15.3 Å². The Kier molecular flexibility index (Phi) is 5.04. The first-order chi connectivity index (χ1) is 14.2. The highest BCUT2D eigenvalue weighted by atomic mass is 19.4. The van der Waals surface area contributed by atoms with Crippen LogP contribution in [-0.2, 0) is 0 Å². The van der Waals surface area contributed by atoms with E-state index >= 15 is 0 Å². The second kappa shape index (κ2) is 7.54. The van der Waals surface area contributed by atoms with Gasteiger partial charge in [-0.3, -0.25) is 15.0 Å². The largest absolute Gasteiger partial charge is 0.389 e. The first kappa shape index (κ1) is 20.0. The Morgan fingerprint density at radius 2 is 2.00 bits per heavy atom. The quantitative estimate of drug-likeness (QED) is 0.598. The molecule has 2 aromatic heterocycles. The number of Topliss-reactive ketones (excluding diaryl/α,β-unsaturated/α-hetero) is 1. The molecule has 0 unspecified atom stereocenters. The van der Waals surface area contributed by atoms with Gasteiger partial charge in [0.1, 0.15) is 17.3 Å². The Morgan fingerprint density at radius 1 is 1.20 bits per heavy atom. The third kappa shape index (κ3) is 4.05. The smallest absolute Gasteiger partial charge is 0.366 e. The minimum atomic E-state index is -4.44. The number of amides is 2. The lowest BCUT2D eigenvalue weighted by atomic mass is 10.1. The summed E-state index contributed by atoms with van der Waals surface area (Å²) >= 11 is 0. The van der Waals surface area contributed by atoms with Crippen LogP contribution in [0, 0.1) is 5.82 Å². The van der Waals surface area contributed by atoms with Gasteiger partial charge in [0.15, 0.2) is 11.6 Å². The number of carbonyl (C=O) groups excluding carboxylic acids is 2. The van der Waals surface area contributed by atoms with E-state index < -0.39 is 36.6 Å². The van der Waals surface area contributed by atoms with Crippen molar-refractivity contribution in [2.45, 2.75) is 31.5 Å². The molecule has 0 aliphatic carbocycles. The number of alkyl halides is 3. The van der Waals surface area contributed by atoms with Gasteiger partial charge in [0, 0.05) is 19.5 Å². The van der Waals surface area contributed by atoms with Crippen LogP contribution in [0.3, 0.4) is 0 Å². The maximum atomic E-state index is 13.1. The average molecular weight is 423 g/mol. The van der Waals surface area contributed by atoms with E-state index in [-0.39, 0.29) is 23.4 Å². The Balaban J connectivity index is 1.61. The van der Waals surface area contributed by atoms with Crippen molar-refractivity contribution in [3.63, 3.8) is 0 Å². The van der Waals surface area contributed by atoms with Crippen LogP contribution in [0.2, 0.25) is 0 Å². The molecule has 1 saturated heterocycles. The molecule has 1 atom stereocenters. The molecule has 4 heterocycles. The number of ketones is 1. The Bertz CT molecular complexity index is 980. The second-order valence-corrected chi connectivity index (χ2v) is 7.13. The Hall–Kier alpha value is -3.24. The molecule has 2 bridgehead atoms. The van der Waals surface area contributed by atoms with Gasteiger partial charge in [0.2, 0.25) is 0 Å². The highest BCUT2D eigenvalue weighted by Gasteiger charge is 2.40. The predicted octanol–water partition coefficient (Wildman–Crippen LogP) is 3.77. The third-order valence-corrected chi connectivity index (χ3v) is 5.05. The summed E-state index contributed by atoms with van der Waals surface area (Å²) in [5.41, 5.74) is 0.497. The Morgan fingerprint density at radius 3 is 2.70 bits per heavy atom. The van der Waals surface area contributed by atoms with Crippen molar-refractivity contribution in [1.82, 2.24) is 9.97 Å². The zero-order valence-corrected chi connectivity index (χ0v) is 15.6. The molecule has 158 valence electrons. The average Bonchev–Trinajstić information content (AvgIpc) is 3.11. The van der Waals surface area contributed by atoms with Gasteiger partial charge in [-0.25, -0.2) is 19.2 Å². The number of halogens is 4. The molecule has 2 amide bonds. The zero-order chi connectivity index (χ0) is 21.5. The molecule has 0 saturated carbocycles. The lowest BCUT2D eigenvalue weighted by Gasteiger charge is -2.35. The molecular formula is C19H17F4N5O2. The van der Waals surface area contributed by atoms with Gasteiger partial charge >= 0.3 is 12.2 Å². The van der Waals surface area contributed by atoms with Gasteiger partial charge in [-0.2, -0.15) is 13.2 Å². The van der Waals surface area contributed by atoms with Crippen LogP contribution in [0.15, 0.2) is 30.5 Å². The molecule has 1 N–H and O–H groups in total. The molecule has 1 fully saturated rings. The summed E-state index contributed by atoms with van der Waals surface area (Å²) in [7, 11) is 0. The van der Waals surface area contributed by atoms with Crippen LogP contribution in [-0.4, -0.2) is 47.1 Å². The molecule has 2 aromatic rings. The monoisotopic (exact) mass is 423 g/mol. The van der Waals surface area contributed by atoms with Crippen LogP contribution in [0.25, 0.3) is 0 Å². The normalized spacial score (nSPS) is 17.7. The van der Waals surface area contributed by atoms with Gasteiger partial charge in [-0.15, -0.1) is 0 Å². The molecule has 0 radical (unpaired) electrons. The van der Waals surface area contributed by atoms with Crippen molar-refractivity contribution in [3.8, 4) is 0 Å². The second-order valence-electron chi connectivity index (χ2n) is 7.13. The number of rotatable bonds is 4. The van der Waals surface area contributed by atoms with E-state index in [0.29, 0.717) is 25.2 Å². The molecule has 4 rings (SSSR count). The number of aromatic nitrogens is 2.